The van der Waals surface area contributed by atoms with Gasteiger partial charge in [-0.15, -0.1) is 0 Å². The number of rotatable bonds is 2. The minimum absolute atomic E-state index is 0.325. The Balaban J connectivity index is 2.66. The second kappa shape index (κ2) is 4.83. The number of hydrogen-bond acceptors (Lipinski definition) is 5. The molecule has 0 radical (unpaired) electrons. The van der Waals surface area contributed by atoms with Crippen LogP contribution in [0.2, 0.25) is 0 Å². The zero-order valence-electron chi connectivity index (χ0n) is 9.97. The molecule has 0 saturated carbocycles. The molecular formula is C13H11NO4. The Bertz CT molecular complexity index is 621. The molecule has 2 rings (SSSR count). The fourth-order valence-electron chi connectivity index (χ4n) is 1.67. The molecule has 0 atom stereocenters. The molecule has 0 N–H and O–H groups in total. The molecule has 0 aliphatic rings. The molecule has 2 aromatic rings. The molecule has 1 aromatic heterocycles. The predicted molar refractivity (Wildman–Crippen MR) is 64.4 cm³/mol. The summed E-state index contributed by atoms with van der Waals surface area (Å²) >= 11 is 0. The molecule has 0 fully saturated rings. The summed E-state index contributed by atoms with van der Waals surface area (Å²) in [7, 11) is 1.31. The number of ether oxygens (including phenoxy) is 2. The van der Waals surface area contributed by atoms with Crippen LogP contribution in [0.1, 0.15) is 17.3 Å². The van der Waals surface area contributed by atoms with Crippen molar-refractivity contribution in [2.24, 2.45) is 0 Å². The smallest absolute Gasteiger partial charge is 0.338 e. The van der Waals surface area contributed by atoms with Crippen molar-refractivity contribution in [3.8, 4) is 5.75 Å². The molecule has 92 valence electrons. The van der Waals surface area contributed by atoms with Crippen LogP contribution in [0.3, 0.4) is 0 Å². The SMILES string of the molecule is COC(=O)c1ccc(OC(C)=O)c2ncccc12. The predicted octanol–water partition coefficient (Wildman–Crippen LogP) is 1.95. The van der Waals surface area contributed by atoms with E-state index in [2.05, 4.69) is 4.98 Å². The Hall–Kier alpha value is -2.43. The van der Waals surface area contributed by atoms with Crippen molar-refractivity contribution in [1.29, 1.82) is 0 Å². The number of hydrogen-bond donors (Lipinski definition) is 0. The van der Waals surface area contributed by atoms with E-state index in [-0.39, 0.29) is 0 Å². The average Bonchev–Trinajstić information content (AvgIpc) is 2.38. The van der Waals surface area contributed by atoms with Crippen LogP contribution in [-0.4, -0.2) is 24.0 Å². The first-order valence-corrected chi connectivity index (χ1v) is 5.28. The number of pyridine rings is 1. The normalized spacial score (nSPS) is 10.1. The summed E-state index contributed by atoms with van der Waals surface area (Å²) in [6.45, 7) is 1.31. The van der Waals surface area contributed by atoms with Crippen molar-refractivity contribution in [2.75, 3.05) is 7.11 Å². The largest absolute Gasteiger partial charge is 0.465 e. The molecule has 1 heterocycles. The minimum atomic E-state index is -0.456. The summed E-state index contributed by atoms with van der Waals surface area (Å²) in [6.07, 6.45) is 1.57. The first-order valence-electron chi connectivity index (χ1n) is 5.28. The Labute approximate surface area is 103 Å². The standard InChI is InChI=1S/C13H11NO4/c1-8(15)18-11-6-5-10(13(16)17-2)9-4-3-7-14-12(9)11/h3-7H,1-2H3. The number of benzene rings is 1. The lowest BCUT2D eigenvalue weighted by Crippen LogP contribution is -2.06. The van der Waals surface area contributed by atoms with E-state index in [9.17, 15) is 9.59 Å². The molecule has 0 unspecified atom stereocenters. The molecular weight excluding hydrogens is 234 g/mol. The number of carbonyl (C=O) groups is 2. The van der Waals surface area contributed by atoms with E-state index in [0.717, 1.165) is 0 Å². The van der Waals surface area contributed by atoms with Crippen LogP contribution >= 0.6 is 0 Å². The molecule has 5 nitrogen and oxygen atoms in total. The maximum Gasteiger partial charge on any atom is 0.338 e. The zero-order valence-corrected chi connectivity index (χ0v) is 9.97. The fraction of sp³-hybridized carbons (Fsp3) is 0.154. The number of nitrogens with zero attached hydrogens (tertiary/aromatic N) is 1. The average molecular weight is 245 g/mol. The van der Waals surface area contributed by atoms with Gasteiger partial charge in [-0.25, -0.2) is 4.79 Å². The van der Waals surface area contributed by atoms with Crippen LogP contribution < -0.4 is 4.74 Å². The highest BCUT2D eigenvalue weighted by molar-refractivity contribution is 6.05. The van der Waals surface area contributed by atoms with E-state index in [1.165, 1.54) is 20.1 Å². The maximum absolute atomic E-state index is 11.6. The van der Waals surface area contributed by atoms with Gasteiger partial charge in [-0.1, -0.05) is 6.07 Å². The Morgan fingerprint density at radius 3 is 2.67 bits per heavy atom. The summed E-state index contributed by atoms with van der Waals surface area (Å²) < 4.78 is 9.73. The monoisotopic (exact) mass is 245 g/mol. The summed E-state index contributed by atoms with van der Waals surface area (Å²) in [4.78, 5) is 26.7. The van der Waals surface area contributed by atoms with Gasteiger partial charge in [0.2, 0.25) is 0 Å². The summed E-state index contributed by atoms with van der Waals surface area (Å²) in [5, 5.41) is 0.586. The van der Waals surface area contributed by atoms with Crippen LogP contribution in [0.4, 0.5) is 0 Å². The maximum atomic E-state index is 11.6. The van der Waals surface area contributed by atoms with Gasteiger partial charge in [-0.3, -0.25) is 9.78 Å². The van der Waals surface area contributed by atoms with Gasteiger partial charge in [-0.05, 0) is 18.2 Å². The topological polar surface area (TPSA) is 65.5 Å². The van der Waals surface area contributed by atoms with Gasteiger partial charge >= 0.3 is 11.9 Å². The Kier molecular flexibility index (Phi) is 3.23. The highest BCUT2D eigenvalue weighted by atomic mass is 16.5. The van der Waals surface area contributed by atoms with Crippen molar-refractivity contribution >= 4 is 22.8 Å². The van der Waals surface area contributed by atoms with E-state index >= 15 is 0 Å². The van der Waals surface area contributed by atoms with E-state index in [1.807, 2.05) is 0 Å². The number of methoxy groups -OCH3 is 1. The third-order valence-electron chi connectivity index (χ3n) is 2.39. The van der Waals surface area contributed by atoms with Crippen molar-refractivity contribution in [3.05, 3.63) is 36.0 Å². The zero-order chi connectivity index (χ0) is 13.1. The second-order valence-corrected chi connectivity index (χ2v) is 3.60. The van der Waals surface area contributed by atoms with Crippen molar-refractivity contribution < 1.29 is 19.1 Å². The van der Waals surface area contributed by atoms with Crippen LogP contribution in [0.5, 0.6) is 5.75 Å². The van der Waals surface area contributed by atoms with Gasteiger partial charge in [-0.2, -0.15) is 0 Å². The lowest BCUT2D eigenvalue weighted by atomic mass is 10.1. The molecule has 5 heteroatoms. The first-order chi connectivity index (χ1) is 8.63. The first kappa shape index (κ1) is 12.0. The van der Waals surface area contributed by atoms with Gasteiger partial charge in [0.1, 0.15) is 5.52 Å². The summed E-state index contributed by atoms with van der Waals surface area (Å²) in [5.74, 6) is -0.569. The Morgan fingerprint density at radius 2 is 2.00 bits per heavy atom. The molecule has 0 aliphatic carbocycles. The van der Waals surface area contributed by atoms with Gasteiger partial charge in [0, 0.05) is 18.5 Å². The minimum Gasteiger partial charge on any atom is -0.465 e. The lowest BCUT2D eigenvalue weighted by molar-refractivity contribution is -0.131. The van der Waals surface area contributed by atoms with Crippen LogP contribution in [0.15, 0.2) is 30.5 Å². The molecule has 0 bridgehead atoms. The molecule has 1 aromatic carbocycles. The van der Waals surface area contributed by atoms with Crippen LogP contribution in [-0.2, 0) is 9.53 Å². The van der Waals surface area contributed by atoms with E-state index in [0.29, 0.717) is 22.2 Å². The van der Waals surface area contributed by atoms with Crippen molar-refractivity contribution in [2.45, 2.75) is 6.92 Å². The number of aromatic nitrogens is 1. The molecule has 18 heavy (non-hydrogen) atoms. The molecule has 0 amide bonds. The van der Waals surface area contributed by atoms with E-state index < -0.39 is 11.9 Å². The van der Waals surface area contributed by atoms with Crippen LogP contribution in [0.25, 0.3) is 10.9 Å². The third-order valence-corrected chi connectivity index (χ3v) is 2.39. The Morgan fingerprint density at radius 1 is 1.22 bits per heavy atom. The second-order valence-electron chi connectivity index (χ2n) is 3.60. The molecule has 0 aliphatic heterocycles. The van der Waals surface area contributed by atoms with Gasteiger partial charge in [0.25, 0.3) is 0 Å². The summed E-state index contributed by atoms with van der Waals surface area (Å²) in [6, 6.07) is 6.50. The lowest BCUT2D eigenvalue weighted by Gasteiger charge is -2.08. The fourth-order valence-corrected chi connectivity index (χ4v) is 1.67. The number of fused-ring (bicyclic) bond motifs is 1. The van der Waals surface area contributed by atoms with Gasteiger partial charge in [0.15, 0.2) is 5.75 Å². The van der Waals surface area contributed by atoms with Crippen molar-refractivity contribution in [3.63, 3.8) is 0 Å². The van der Waals surface area contributed by atoms with Gasteiger partial charge < -0.3 is 9.47 Å². The molecule has 0 spiro atoms. The van der Waals surface area contributed by atoms with Crippen molar-refractivity contribution in [1.82, 2.24) is 4.98 Å². The highest BCUT2D eigenvalue weighted by Gasteiger charge is 2.14. The number of esters is 2. The third kappa shape index (κ3) is 2.15. The van der Waals surface area contributed by atoms with E-state index in [4.69, 9.17) is 9.47 Å². The summed E-state index contributed by atoms with van der Waals surface area (Å²) in [5.41, 5.74) is 0.840. The quantitative estimate of drug-likeness (QED) is 0.597. The van der Waals surface area contributed by atoms with Gasteiger partial charge in [0.05, 0.1) is 12.7 Å². The molecule has 0 saturated heterocycles. The van der Waals surface area contributed by atoms with Crippen LogP contribution in [0, 0.1) is 0 Å². The highest BCUT2D eigenvalue weighted by Crippen LogP contribution is 2.27. The number of carbonyl (C=O) groups excluding carboxylic acids is 2. The van der Waals surface area contributed by atoms with E-state index in [1.54, 1.807) is 24.4 Å².